The fourth-order valence-corrected chi connectivity index (χ4v) is 5.81. The molecule has 0 amide bonds. The van der Waals surface area contributed by atoms with Crippen molar-refractivity contribution in [1.82, 2.24) is 4.98 Å². The van der Waals surface area contributed by atoms with E-state index in [0.717, 1.165) is 39.4 Å². The van der Waals surface area contributed by atoms with Crippen molar-refractivity contribution in [2.24, 2.45) is 11.1 Å². The Labute approximate surface area is 230 Å². The van der Waals surface area contributed by atoms with Crippen LogP contribution in [0.1, 0.15) is 60.4 Å². The molecule has 0 bridgehead atoms. The van der Waals surface area contributed by atoms with Crippen LogP contribution in [0, 0.1) is 37.5 Å². The van der Waals surface area contributed by atoms with E-state index in [2.05, 4.69) is 37.0 Å². The van der Waals surface area contributed by atoms with Gasteiger partial charge in [0.1, 0.15) is 18.2 Å². The number of aryl methyl sites for hydroxylation is 2. The van der Waals surface area contributed by atoms with Crippen molar-refractivity contribution in [2.75, 3.05) is 4.90 Å². The van der Waals surface area contributed by atoms with Crippen LogP contribution < -0.4 is 15.4 Å². The summed E-state index contributed by atoms with van der Waals surface area (Å²) in [7, 11) is 0. The minimum atomic E-state index is -0.542. The number of ketones is 1. The van der Waals surface area contributed by atoms with Crippen molar-refractivity contribution in [1.29, 1.82) is 5.26 Å². The lowest BCUT2D eigenvalue weighted by Gasteiger charge is -2.44. The zero-order valence-electron chi connectivity index (χ0n) is 23.2. The molecule has 2 heterocycles. The second kappa shape index (κ2) is 10.1. The summed E-state index contributed by atoms with van der Waals surface area (Å²) in [5.41, 5.74) is 14.3. The first-order valence-corrected chi connectivity index (χ1v) is 13.3. The van der Waals surface area contributed by atoms with Crippen molar-refractivity contribution in [3.05, 3.63) is 111 Å². The number of nitrogens with two attached hydrogens (primary N) is 1. The number of rotatable bonds is 5. The van der Waals surface area contributed by atoms with E-state index in [0.29, 0.717) is 36.4 Å². The number of carbonyl (C=O) groups excluding carboxylic acids is 1. The minimum absolute atomic E-state index is 0.0544. The van der Waals surface area contributed by atoms with Crippen LogP contribution in [-0.4, -0.2) is 10.8 Å². The number of hydrogen-bond acceptors (Lipinski definition) is 6. The van der Waals surface area contributed by atoms with Crippen molar-refractivity contribution in [3.63, 3.8) is 0 Å². The van der Waals surface area contributed by atoms with Crippen molar-refractivity contribution >= 4 is 11.5 Å². The number of carbonyl (C=O) groups is 1. The number of ether oxygens (including phenoxy) is 1. The molecule has 6 heteroatoms. The van der Waals surface area contributed by atoms with Crippen LogP contribution in [0.4, 0.5) is 5.69 Å². The number of nitriles is 1. The van der Waals surface area contributed by atoms with Crippen LogP contribution >= 0.6 is 0 Å². The Morgan fingerprint density at radius 2 is 1.85 bits per heavy atom. The molecule has 1 aromatic heterocycles. The van der Waals surface area contributed by atoms with Gasteiger partial charge >= 0.3 is 0 Å². The monoisotopic (exact) mass is 518 g/mol. The second-order valence-corrected chi connectivity index (χ2v) is 11.4. The molecule has 0 fully saturated rings. The zero-order chi connectivity index (χ0) is 27.9. The fraction of sp³-hybridized carbons (Fsp3) is 0.303. The van der Waals surface area contributed by atoms with Gasteiger partial charge in [-0.3, -0.25) is 14.7 Å². The lowest BCUT2D eigenvalue weighted by Crippen LogP contribution is -2.42. The normalized spacial score (nSPS) is 18.6. The maximum absolute atomic E-state index is 13.9. The lowest BCUT2D eigenvalue weighted by molar-refractivity contribution is -0.118. The number of benzene rings is 2. The third kappa shape index (κ3) is 4.93. The molecule has 0 saturated carbocycles. The Bertz CT molecular complexity index is 1540. The smallest absolute Gasteiger partial charge is 0.162 e. The van der Waals surface area contributed by atoms with Crippen molar-refractivity contribution in [3.8, 4) is 11.8 Å². The van der Waals surface area contributed by atoms with Gasteiger partial charge in [0, 0.05) is 23.9 Å². The highest BCUT2D eigenvalue weighted by Crippen LogP contribution is 2.50. The predicted octanol–water partition coefficient (Wildman–Crippen LogP) is 6.53. The second-order valence-electron chi connectivity index (χ2n) is 11.4. The van der Waals surface area contributed by atoms with Gasteiger partial charge in [0.05, 0.1) is 29.4 Å². The van der Waals surface area contributed by atoms with E-state index in [1.165, 1.54) is 5.56 Å². The van der Waals surface area contributed by atoms with Gasteiger partial charge in [-0.1, -0.05) is 49.2 Å². The van der Waals surface area contributed by atoms with Gasteiger partial charge in [0.25, 0.3) is 0 Å². The van der Waals surface area contributed by atoms with Gasteiger partial charge in [-0.25, -0.2) is 0 Å². The van der Waals surface area contributed by atoms with Crippen LogP contribution in [0.2, 0.25) is 0 Å². The predicted molar refractivity (Wildman–Crippen MR) is 153 cm³/mol. The summed E-state index contributed by atoms with van der Waals surface area (Å²) < 4.78 is 6.13. The molecule has 2 N–H and O–H groups in total. The first kappa shape index (κ1) is 26.2. The number of aromatic nitrogens is 1. The first-order valence-electron chi connectivity index (χ1n) is 13.3. The Hall–Kier alpha value is -4.37. The summed E-state index contributed by atoms with van der Waals surface area (Å²) in [6, 6.07) is 18.3. The Morgan fingerprint density at radius 1 is 1.10 bits per heavy atom. The van der Waals surface area contributed by atoms with E-state index in [4.69, 9.17) is 10.5 Å². The molecule has 0 saturated heterocycles. The van der Waals surface area contributed by atoms with E-state index in [1.807, 2.05) is 62.1 Å². The number of pyridine rings is 1. The van der Waals surface area contributed by atoms with Gasteiger partial charge in [-0.15, -0.1) is 0 Å². The van der Waals surface area contributed by atoms with Gasteiger partial charge in [0.2, 0.25) is 0 Å². The van der Waals surface area contributed by atoms with Gasteiger partial charge in [-0.2, -0.15) is 5.26 Å². The summed E-state index contributed by atoms with van der Waals surface area (Å²) in [6.07, 6.45) is 4.49. The zero-order valence-corrected chi connectivity index (χ0v) is 23.2. The molecule has 0 radical (unpaired) electrons. The largest absolute Gasteiger partial charge is 0.489 e. The molecular formula is C33H34N4O2. The van der Waals surface area contributed by atoms with Crippen LogP contribution in [0.15, 0.2) is 83.6 Å². The standard InChI is InChI=1S/C33H34N4O2/c1-20-8-10-25(11-9-20)39-19-23-13-21(2)14-26(22(23)3)30-27(17-34)32(35)37(24-7-6-12-36-18-24)28-15-33(4,5)16-29(38)31(28)30/h6-14,18,30H,15-16,19,35H2,1-5H3. The first-order chi connectivity index (χ1) is 18.6. The summed E-state index contributed by atoms with van der Waals surface area (Å²) in [5.74, 6) is 0.654. The quantitative estimate of drug-likeness (QED) is 0.413. The molecule has 198 valence electrons. The van der Waals surface area contributed by atoms with Gasteiger partial charge in [0.15, 0.2) is 5.78 Å². The number of hydrogen-bond donors (Lipinski definition) is 1. The Kier molecular flexibility index (Phi) is 6.78. The van der Waals surface area contributed by atoms with E-state index in [1.54, 1.807) is 12.4 Å². The number of Topliss-reactive ketones (excluding diaryl/α,β-unsaturated/α-hetero) is 1. The molecular weight excluding hydrogens is 484 g/mol. The highest BCUT2D eigenvalue weighted by molar-refractivity contribution is 6.01. The van der Waals surface area contributed by atoms with Crippen LogP contribution in [0.5, 0.6) is 5.75 Å². The molecule has 0 spiro atoms. The average Bonchev–Trinajstić information content (AvgIpc) is 2.89. The summed E-state index contributed by atoms with van der Waals surface area (Å²) >= 11 is 0. The van der Waals surface area contributed by atoms with Crippen LogP contribution in [0.25, 0.3) is 0 Å². The van der Waals surface area contributed by atoms with E-state index in [9.17, 15) is 10.1 Å². The van der Waals surface area contributed by atoms with Crippen molar-refractivity contribution < 1.29 is 9.53 Å². The average molecular weight is 519 g/mol. The number of nitrogens with zero attached hydrogens (tertiary/aromatic N) is 3. The SMILES string of the molecule is Cc1ccc(OCc2cc(C)cc(C3C(C#N)=C(N)N(c4cccnc4)C4=C3C(=O)CC(C)(C)C4)c2C)cc1. The molecule has 39 heavy (non-hydrogen) atoms. The minimum Gasteiger partial charge on any atom is -0.489 e. The Balaban J connectivity index is 1.66. The summed E-state index contributed by atoms with van der Waals surface area (Å²) in [4.78, 5) is 20.0. The van der Waals surface area contributed by atoms with Gasteiger partial charge < -0.3 is 10.5 Å². The molecule has 1 aliphatic carbocycles. The summed E-state index contributed by atoms with van der Waals surface area (Å²) in [5, 5.41) is 10.5. The molecule has 1 atom stereocenters. The van der Waals surface area contributed by atoms with Crippen LogP contribution in [0.3, 0.4) is 0 Å². The number of anilines is 1. The van der Waals surface area contributed by atoms with E-state index < -0.39 is 5.92 Å². The molecule has 3 aromatic rings. The lowest BCUT2D eigenvalue weighted by atomic mass is 9.68. The van der Waals surface area contributed by atoms with Crippen LogP contribution in [-0.2, 0) is 11.4 Å². The number of allylic oxidation sites excluding steroid dienone is 3. The molecule has 6 nitrogen and oxygen atoms in total. The molecule has 1 unspecified atom stereocenters. The van der Waals surface area contributed by atoms with Crippen molar-refractivity contribution in [2.45, 2.75) is 60.0 Å². The maximum atomic E-state index is 13.9. The third-order valence-electron chi connectivity index (χ3n) is 7.71. The van der Waals surface area contributed by atoms with E-state index in [-0.39, 0.29) is 11.2 Å². The molecule has 1 aliphatic heterocycles. The Morgan fingerprint density at radius 3 is 2.51 bits per heavy atom. The highest BCUT2D eigenvalue weighted by atomic mass is 16.5. The maximum Gasteiger partial charge on any atom is 0.162 e. The topological polar surface area (TPSA) is 92.2 Å². The molecule has 2 aromatic carbocycles. The van der Waals surface area contributed by atoms with Gasteiger partial charge in [-0.05, 0) is 73.6 Å². The molecule has 2 aliphatic rings. The summed E-state index contributed by atoms with van der Waals surface area (Å²) in [6.45, 7) is 10.7. The fourth-order valence-electron chi connectivity index (χ4n) is 5.81. The molecule has 5 rings (SSSR count). The third-order valence-corrected chi connectivity index (χ3v) is 7.71. The van der Waals surface area contributed by atoms with E-state index >= 15 is 0 Å². The highest BCUT2D eigenvalue weighted by Gasteiger charge is 2.45.